The molecule has 2 atom stereocenters. The maximum absolute atomic E-state index is 13.7. The van der Waals surface area contributed by atoms with Crippen molar-refractivity contribution in [3.8, 4) is 0 Å². The van der Waals surface area contributed by atoms with E-state index in [2.05, 4.69) is 5.32 Å². The molecule has 0 aliphatic heterocycles. The van der Waals surface area contributed by atoms with Crippen LogP contribution in [0.1, 0.15) is 55.0 Å². The summed E-state index contributed by atoms with van der Waals surface area (Å²) in [5.41, 5.74) is 2.95. The number of aromatic nitrogens is 1. The predicted molar refractivity (Wildman–Crippen MR) is 168 cm³/mol. The fourth-order valence-electron chi connectivity index (χ4n) is 5.03. The summed E-state index contributed by atoms with van der Waals surface area (Å²) in [6.07, 6.45) is 2.66. The molecule has 0 spiro atoms. The van der Waals surface area contributed by atoms with E-state index >= 15 is 0 Å². The molecule has 0 aliphatic rings. The molecule has 0 saturated heterocycles. The number of nitrogens with zero attached hydrogens (tertiary/aromatic N) is 1. The molecular weight excluding hydrogens is 604 g/mol. The van der Waals surface area contributed by atoms with Crippen LogP contribution in [0.15, 0.2) is 72.9 Å². The minimum Gasteiger partial charge on any atom is -0.619 e. The second-order valence-corrected chi connectivity index (χ2v) is 13.2. The standard InChI is InChI=1S/C33H39ClN2O7S/c1-3-25-12-15-28(34)21-26(25)14-18-31(37)30(17-19-32(38)43-2)35-33(39)27(13-16-29-11-7-8-20-36(29)40)23-44(41,42)22-24-9-5-4-6-10-24/h4-12,15,20-21,27,30H,3,13-14,16-19,22-23H2,1-2H3,(H,35,39)/t27-,30-/m0/s1. The maximum atomic E-state index is 13.7. The number of esters is 1. The first kappa shape index (κ1) is 34.7. The Balaban J connectivity index is 1.81. The average molecular weight is 643 g/mol. The second-order valence-electron chi connectivity index (χ2n) is 10.7. The zero-order valence-corrected chi connectivity index (χ0v) is 26.6. The van der Waals surface area contributed by atoms with Gasteiger partial charge in [-0.2, -0.15) is 4.73 Å². The SMILES string of the molecule is CCc1ccc(Cl)cc1CCC(=O)[C@H](CCC(=O)OC)NC(=O)[C@@H](CCc1cccc[n+]1[O-])CS(=O)(=O)Cc1ccccc1. The van der Waals surface area contributed by atoms with E-state index in [0.717, 1.165) is 17.5 Å². The number of sulfone groups is 1. The topological polar surface area (TPSA) is 134 Å². The Morgan fingerprint density at radius 3 is 2.36 bits per heavy atom. The summed E-state index contributed by atoms with van der Waals surface area (Å²) in [6, 6.07) is 18.0. The van der Waals surface area contributed by atoms with E-state index in [4.69, 9.17) is 16.3 Å². The first-order chi connectivity index (χ1) is 21.0. The molecule has 44 heavy (non-hydrogen) atoms. The zero-order chi connectivity index (χ0) is 32.1. The van der Waals surface area contributed by atoms with Crippen molar-refractivity contribution in [2.75, 3.05) is 12.9 Å². The Kier molecular flexibility index (Phi) is 13.4. The molecule has 9 nitrogen and oxygen atoms in total. The molecule has 0 radical (unpaired) electrons. The van der Waals surface area contributed by atoms with Crippen molar-refractivity contribution < 1.29 is 32.3 Å². The van der Waals surface area contributed by atoms with Gasteiger partial charge in [0, 0.05) is 36.4 Å². The molecule has 1 N–H and O–H groups in total. The highest BCUT2D eigenvalue weighted by Crippen LogP contribution is 2.20. The number of benzene rings is 2. The highest BCUT2D eigenvalue weighted by atomic mass is 35.5. The van der Waals surface area contributed by atoms with Crippen LogP contribution in [0.25, 0.3) is 0 Å². The molecule has 0 aliphatic carbocycles. The third-order valence-corrected chi connectivity index (χ3v) is 9.39. The van der Waals surface area contributed by atoms with Crippen molar-refractivity contribution in [2.45, 2.75) is 63.7 Å². The zero-order valence-electron chi connectivity index (χ0n) is 25.0. The van der Waals surface area contributed by atoms with Gasteiger partial charge in [-0.05, 0) is 54.5 Å². The summed E-state index contributed by atoms with van der Waals surface area (Å²) in [7, 11) is -2.52. The smallest absolute Gasteiger partial charge is 0.305 e. The van der Waals surface area contributed by atoms with Crippen molar-refractivity contribution in [2.24, 2.45) is 5.92 Å². The van der Waals surface area contributed by atoms with E-state index in [0.29, 0.717) is 27.4 Å². The van der Waals surface area contributed by atoms with Crippen LogP contribution in [-0.2, 0) is 54.0 Å². The van der Waals surface area contributed by atoms with E-state index in [1.807, 2.05) is 19.1 Å². The van der Waals surface area contributed by atoms with Gasteiger partial charge in [0.15, 0.2) is 27.5 Å². The molecule has 1 amide bonds. The number of methoxy groups -OCH3 is 1. The Bertz CT molecular complexity index is 1530. The van der Waals surface area contributed by atoms with Gasteiger partial charge in [-0.25, -0.2) is 8.42 Å². The van der Waals surface area contributed by atoms with Crippen molar-refractivity contribution in [3.05, 3.63) is 106 Å². The van der Waals surface area contributed by atoms with Gasteiger partial charge < -0.3 is 15.3 Å². The molecule has 0 bridgehead atoms. The molecule has 3 rings (SSSR count). The second kappa shape index (κ2) is 16.9. The number of carbonyl (C=O) groups excluding carboxylic acids is 3. The number of carbonyl (C=O) groups is 3. The fraction of sp³-hybridized carbons (Fsp3) is 0.394. The molecule has 1 aromatic heterocycles. The normalized spacial score (nSPS) is 12.7. The molecule has 3 aromatic rings. The van der Waals surface area contributed by atoms with Gasteiger partial charge in [-0.15, -0.1) is 0 Å². The van der Waals surface area contributed by atoms with Crippen molar-refractivity contribution in [1.29, 1.82) is 0 Å². The van der Waals surface area contributed by atoms with Crippen LogP contribution in [0.3, 0.4) is 0 Å². The third-order valence-electron chi connectivity index (χ3n) is 7.47. The van der Waals surface area contributed by atoms with Gasteiger partial charge in [-0.1, -0.05) is 61.0 Å². The van der Waals surface area contributed by atoms with Gasteiger partial charge in [0.1, 0.15) is 0 Å². The van der Waals surface area contributed by atoms with E-state index in [-0.39, 0.29) is 43.6 Å². The number of ketones is 1. The van der Waals surface area contributed by atoms with E-state index < -0.39 is 39.4 Å². The Morgan fingerprint density at radius 2 is 1.68 bits per heavy atom. The molecule has 0 unspecified atom stereocenters. The largest absolute Gasteiger partial charge is 0.619 e. The summed E-state index contributed by atoms with van der Waals surface area (Å²) < 4.78 is 31.9. The molecule has 2 aromatic carbocycles. The van der Waals surface area contributed by atoms with Crippen molar-refractivity contribution in [3.63, 3.8) is 0 Å². The molecular formula is C33H39ClN2O7S. The first-order valence-electron chi connectivity index (χ1n) is 14.6. The lowest BCUT2D eigenvalue weighted by Crippen LogP contribution is -2.46. The number of pyridine rings is 1. The quantitative estimate of drug-likeness (QED) is 0.132. The number of amides is 1. The average Bonchev–Trinajstić information content (AvgIpc) is 3.00. The van der Waals surface area contributed by atoms with Gasteiger partial charge in [0.2, 0.25) is 5.91 Å². The predicted octanol–water partition coefficient (Wildman–Crippen LogP) is 4.34. The van der Waals surface area contributed by atoms with Crippen LogP contribution >= 0.6 is 11.6 Å². The van der Waals surface area contributed by atoms with E-state index in [1.165, 1.54) is 13.3 Å². The summed E-state index contributed by atoms with van der Waals surface area (Å²) in [5.74, 6) is -3.23. The van der Waals surface area contributed by atoms with Crippen LogP contribution in [0, 0.1) is 11.1 Å². The lowest BCUT2D eigenvalue weighted by Gasteiger charge is -2.22. The van der Waals surface area contributed by atoms with E-state index in [9.17, 15) is 28.0 Å². The lowest BCUT2D eigenvalue weighted by atomic mass is 9.95. The van der Waals surface area contributed by atoms with Crippen LogP contribution in [0.2, 0.25) is 5.02 Å². The number of nitrogens with one attached hydrogen (secondary N) is 1. The third kappa shape index (κ3) is 11.1. The van der Waals surface area contributed by atoms with Crippen molar-refractivity contribution >= 4 is 39.1 Å². The number of hydrogen-bond acceptors (Lipinski definition) is 7. The number of rotatable bonds is 17. The van der Waals surface area contributed by atoms with Crippen LogP contribution < -0.4 is 10.0 Å². The lowest BCUT2D eigenvalue weighted by molar-refractivity contribution is -0.614. The Morgan fingerprint density at radius 1 is 0.955 bits per heavy atom. The number of hydrogen-bond donors (Lipinski definition) is 1. The van der Waals surface area contributed by atoms with Crippen LogP contribution in [-0.4, -0.2) is 45.0 Å². The summed E-state index contributed by atoms with van der Waals surface area (Å²) in [4.78, 5) is 39.1. The first-order valence-corrected chi connectivity index (χ1v) is 16.8. The molecule has 236 valence electrons. The Labute approximate surface area is 264 Å². The molecule has 1 heterocycles. The Hall–Kier alpha value is -3.76. The van der Waals surface area contributed by atoms with Crippen LogP contribution in [0.5, 0.6) is 0 Å². The summed E-state index contributed by atoms with van der Waals surface area (Å²) in [5, 5.41) is 15.5. The minimum absolute atomic E-state index is 0.00381. The summed E-state index contributed by atoms with van der Waals surface area (Å²) in [6.45, 7) is 2.00. The fourth-order valence-corrected chi connectivity index (χ4v) is 6.98. The number of Topliss-reactive ketones (excluding diaryl/α,β-unsaturated/α-hetero) is 1. The highest BCUT2D eigenvalue weighted by Gasteiger charge is 2.30. The van der Waals surface area contributed by atoms with Gasteiger partial charge in [0.25, 0.3) is 0 Å². The molecule has 11 heteroatoms. The molecule has 0 fully saturated rings. The van der Waals surface area contributed by atoms with Gasteiger partial charge in [-0.3, -0.25) is 14.4 Å². The highest BCUT2D eigenvalue weighted by molar-refractivity contribution is 7.90. The number of halogens is 1. The summed E-state index contributed by atoms with van der Waals surface area (Å²) >= 11 is 6.18. The molecule has 0 saturated carbocycles. The number of ether oxygens (including phenoxy) is 1. The van der Waals surface area contributed by atoms with Crippen molar-refractivity contribution in [1.82, 2.24) is 5.32 Å². The number of aryl methyl sites for hydroxylation is 3. The van der Waals surface area contributed by atoms with Crippen LogP contribution in [0.4, 0.5) is 0 Å². The van der Waals surface area contributed by atoms with E-state index in [1.54, 1.807) is 54.6 Å². The van der Waals surface area contributed by atoms with Gasteiger partial charge in [0.05, 0.1) is 30.6 Å². The monoisotopic (exact) mass is 642 g/mol. The van der Waals surface area contributed by atoms with Gasteiger partial charge >= 0.3 is 5.97 Å². The minimum atomic E-state index is -3.75. The maximum Gasteiger partial charge on any atom is 0.305 e.